The highest BCUT2D eigenvalue weighted by atomic mass is 32.2. The van der Waals surface area contributed by atoms with Crippen molar-refractivity contribution in [3.8, 4) is 0 Å². The lowest BCUT2D eigenvalue weighted by Gasteiger charge is -2.42. The molecule has 1 unspecified atom stereocenters. The number of rotatable bonds is 8. The molecule has 4 atom stereocenters. The zero-order chi connectivity index (χ0) is 30.8. The Morgan fingerprint density at radius 2 is 1.77 bits per heavy atom. The summed E-state index contributed by atoms with van der Waals surface area (Å²) >= 11 is 0. The van der Waals surface area contributed by atoms with Crippen molar-refractivity contribution < 1.29 is 53.9 Å². The quantitative estimate of drug-likeness (QED) is 0.359. The van der Waals surface area contributed by atoms with Gasteiger partial charge >= 0.3 is 12.1 Å². The molecule has 2 aliphatic heterocycles. The Bertz CT molecular complexity index is 1150. The predicted molar refractivity (Wildman–Crippen MR) is 129 cm³/mol. The Hall–Kier alpha value is -2.85. The van der Waals surface area contributed by atoms with Gasteiger partial charge in [0.15, 0.2) is 0 Å². The maximum Gasteiger partial charge on any atom is 0.471 e. The Labute approximate surface area is 227 Å². The molecule has 0 saturated carbocycles. The van der Waals surface area contributed by atoms with Crippen molar-refractivity contribution in [2.75, 3.05) is 19.3 Å². The third kappa shape index (κ3) is 8.83. The molecule has 3 N–H and O–H groups in total. The van der Waals surface area contributed by atoms with Crippen LogP contribution in [0, 0.1) is 11.3 Å². The van der Waals surface area contributed by atoms with Crippen molar-refractivity contribution >= 4 is 33.5 Å². The highest BCUT2D eigenvalue weighted by Crippen LogP contribution is 2.34. The van der Waals surface area contributed by atoms with Gasteiger partial charge in [-0.05, 0) is 24.3 Å². The molecule has 4 amide bonds. The van der Waals surface area contributed by atoms with Gasteiger partial charge in [0, 0.05) is 38.1 Å². The van der Waals surface area contributed by atoms with Gasteiger partial charge in [-0.2, -0.15) is 17.6 Å². The van der Waals surface area contributed by atoms with E-state index in [9.17, 15) is 53.9 Å². The van der Waals surface area contributed by atoms with Gasteiger partial charge in [-0.1, -0.05) is 20.8 Å². The molecule has 0 bridgehead atoms. The number of sulfone groups is 1. The van der Waals surface area contributed by atoms with E-state index in [0.717, 1.165) is 0 Å². The fourth-order valence-corrected chi connectivity index (χ4v) is 4.78. The fourth-order valence-electron chi connectivity index (χ4n) is 4.37. The molecule has 2 aliphatic rings. The number of likely N-dealkylation sites (tertiary alicyclic amines) is 1. The zero-order valence-electron chi connectivity index (χ0n) is 22.2. The van der Waals surface area contributed by atoms with Crippen LogP contribution in [0.5, 0.6) is 0 Å². The predicted octanol–water partition coefficient (Wildman–Crippen LogP) is 1.57. The number of halogens is 6. The SMILES string of the molecule is CC(C)(C)C(NC(=O)C(F)(F)F)C(=O)N1CCC(F)(F)C[C@H]1C(=O)N[C@H](/C=C(\F)S(C)(=O)=O)C[C@@H]1CCNC1=O. The average molecular weight is 607 g/mol. The third-order valence-electron chi connectivity index (χ3n) is 6.53. The van der Waals surface area contributed by atoms with E-state index in [1.807, 2.05) is 0 Å². The molecule has 40 heavy (non-hydrogen) atoms. The lowest BCUT2D eigenvalue weighted by Crippen LogP contribution is -2.63. The minimum atomic E-state index is -5.36. The van der Waals surface area contributed by atoms with E-state index in [4.69, 9.17) is 0 Å². The molecule has 0 aromatic rings. The normalized spacial score (nSPS) is 23.7. The van der Waals surface area contributed by atoms with Crippen LogP contribution in [-0.4, -0.2) is 86.5 Å². The Kier molecular flexibility index (Phi) is 9.96. The molecule has 2 rings (SSSR count). The van der Waals surface area contributed by atoms with Crippen molar-refractivity contribution in [2.45, 2.75) is 76.7 Å². The van der Waals surface area contributed by atoms with Crippen LogP contribution >= 0.6 is 0 Å². The van der Waals surface area contributed by atoms with Crippen LogP contribution in [0.4, 0.5) is 26.3 Å². The molecule has 0 aliphatic carbocycles. The molecular weight excluding hydrogens is 574 g/mol. The molecule has 228 valence electrons. The summed E-state index contributed by atoms with van der Waals surface area (Å²) in [7, 11) is -4.37. The van der Waals surface area contributed by atoms with Crippen molar-refractivity contribution in [1.82, 2.24) is 20.9 Å². The number of carbonyl (C=O) groups excluding carboxylic acids is 4. The monoisotopic (exact) mass is 606 g/mol. The van der Waals surface area contributed by atoms with Crippen LogP contribution in [0.3, 0.4) is 0 Å². The molecule has 2 saturated heterocycles. The van der Waals surface area contributed by atoms with Crippen LogP contribution in [-0.2, 0) is 29.0 Å². The van der Waals surface area contributed by atoms with E-state index >= 15 is 0 Å². The van der Waals surface area contributed by atoms with Crippen molar-refractivity contribution in [3.05, 3.63) is 11.2 Å². The van der Waals surface area contributed by atoms with Gasteiger partial charge in [0.1, 0.15) is 12.1 Å². The number of nitrogens with one attached hydrogen (secondary N) is 3. The van der Waals surface area contributed by atoms with E-state index in [1.54, 1.807) is 5.32 Å². The van der Waals surface area contributed by atoms with Crippen LogP contribution in [0.25, 0.3) is 0 Å². The summed E-state index contributed by atoms with van der Waals surface area (Å²) in [4.78, 5) is 50.9. The Morgan fingerprint density at radius 3 is 2.25 bits per heavy atom. The first-order valence-corrected chi connectivity index (χ1v) is 14.1. The van der Waals surface area contributed by atoms with Crippen LogP contribution in [0.15, 0.2) is 11.2 Å². The first-order chi connectivity index (χ1) is 18.0. The third-order valence-corrected chi connectivity index (χ3v) is 7.38. The number of hydrogen-bond donors (Lipinski definition) is 3. The number of alkyl halides is 5. The highest BCUT2D eigenvalue weighted by molar-refractivity contribution is 7.94. The number of carbonyl (C=O) groups is 4. The lowest BCUT2D eigenvalue weighted by atomic mass is 9.84. The molecule has 2 fully saturated rings. The lowest BCUT2D eigenvalue weighted by molar-refractivity contribution is -0.177. The van der Waals surface area contributed by atoms with E-state index in [1.165, 1.54) is 20.8 Å². The standard InChI is InChI=1S/C23H32F6N4O6S/c1-21(2,3)16(32-20(37)23(27,28)29)19(36)33-8-6-22(25,26)11-14(33)18(35)31-13(10-15(24)40(4,38)39)9-12-5-7-30-17(12)34/h10,12-14,16H,5-9,11H2,1-4H3,(H,30,34)(H,31,35)(H,32,37)/b15-10+/t12-,13-,14-,16?/m0/s1. The average Bonchev–Trinajstić information content (AvgIpc) is 3.18. The molecule has 0 aromatic carbocycles. The maximum atomic E-state index is 14.4. The van der Waals surface area contributed by atoms with Crippen LogP contribution in [0.1, 0.15) is 46.5 Å². The number of hydrogen-bond acceptors (Lipinski definition) is 6. The smallest absolute Gasteiger partial charge is 0.356 e. The summed E-state index contributed by atoms with van der Waals surface area (Å²) in [6.45, 7) is 3.46. The molecule has 17 heteroatoms. The minimum absolute atomic E-state index is 0.261. The Morgan fingerprint density at radius 1 is 1.18 bits per heavy atom. The summed E-state index contributed by atoms with van der Waals surface area (Å²) < 4.78 is 105. The van der Waals surface area contributed by atoms with Crippen LogP contribution < -0.4 is 16.0 Å². The van der Waals surface area contributed by atoms with Gasteiger partial charge in [-0.15, -0.1) is 0 Å². The first-order valence-electron chi connectivity index (χ1n) is 12.2. The molecule has 10 nitrogen and oxygen atoms in total. The van der Waals surface area contributed by atoms with Gasteiger partial charge in [0.05, 0.1) is 6.04 Å². The maximum absolute atomic E-state index is 14.4. The molecule has 2 heterocycles. The zero-order valence-corrected chi connectivity index (χ0v) is 23.0. The summed E-state index contributed by atoms with van der Waals surface area (Å²) in [5.74, 6) is -9.65. The van der Waals surface area contributed by atoms with Gasteiger partial charge in [0.25, 0.3) is 5.92 Å². The minimum Gasteiger partial charge on any atom is -0.356 e. The van der Waals surface area contributed by atoms with E-state index < -0.39 is 99.6 Å². The molecular formula is C23H32F6N4O6S. The second-order valence-corrected chi connectivity index (χ2v) is 12.9. The van der Waals surface area contributed by atoms with E-state index in [0.29, 0.717) is 17.2 Å². The largest absolute Gasteiger partial charge is 0.471 e. The molecule has 0 radical (unpaired) electrons. The second kappa shape index (κ2) is 11.9. The van der Waals surface area contributed by atoms with Gasteiger partial charge < -0.3 is 20.9 Å². The van der Waals surface area contributed by atoms with Gasteiger partial charge in [-0.3, -0.25) is 19.2 Å². The molecule has 0 aromatic heterocycles. The number of piperidine rings is 1. The van der Waals surface area contributed by atoms with Gasteiger partial charge in [-0.25, -0.2) is 17.2 Å². The second-order valence-electron chi connectivity index (χ2n) is 11.0. The van der Waals surface area contributed by atoms with Crippen molar-refractivity contribution in [2.24, 2.45) is 11.3 Å². The van der Waals surface area contributed by atoms with Crippen molar-refractivity contribution in [1.29, 1.82) is 0 Å². The number of amides is 4. The Balaban J connectivity index is 2.41. The highest BCUT2D eigenvalue weighted by Gasteiger charge is 2.50. The molecule has 0 spiro atoms. The fraction of sp³-hybridized carbons (Fsp3) is 0.739. The summed E-state index contributed by atoms with van der Waals surface area (Å²) in [5, 5.41) is 4.63. The number of nitrogens with zero attached hydrogens (tertiary/aromatic N) is 1. The van der Waals surface area contributed by atoms with E-state index in [-0.39, 0.29) is 19.4 Å². The van der Waals surface area contributed by atoms with E-state index in [2.05, 4.69) is 10.6 Å². The topological polar surface area (TPSA) is 142 Å². The van der Waals surface area contributed by atoms with Crippen LogP contribution in [0.2, 0.25) is 0 Å². The summed E-state index contributed by atoms with van der Waals surface area (Å²) in [6, 6.07) is -5.32. The van der Waals surface area contributed by atoms with Crippen molar-refractivity contribution in [3.63, 3.8) is 0 Å². The summed E-state index contributed by atoms with van der Waals surface area (Å²) in [6.07, 6.45) is -6.52. The summed E-state index contributed by atoms with van der Waals surface area (Å²) in [5.41, 5.74) is -1.35. The van der Waals surface area contributed by atoms with Gasteiger partial charge in [0.2, 0.25) is 32.7 Å². The first kappa shape index (κ1) is 33.4.